The summed E-state index contributed by atoms with van der Waals surface area (Å²) >= 11 is 0. The highest BCUT2D eigenvalue weighted by Gasteiger charge is 2.47. The highest BCUT2D eigenvalue weighted by Crippen LogP contribution is 2.42. The molecule has 4 rings (SSSR count). The number of anilines is 1. The van der Waals surface area contributed by atoms with Gasteiger partial charge >= 0.3 is 5.97 Å². The van der Waals surface area contributed by atoms with Crippen molar-refractivity contribution in [3.63, 3.8) is 0 Å². The summed E-state index contributed by atoms with van der Waals surface area (Å²) in [6, 6.07) is 18.7. The van der Waals surface area contributed by atoms with E-state index in [2.05, 4.69) is 0 Å². The van der Waals surface area contributed by atoms with Crippen LogP contribution in [0, 0.1) is 0 Å². The molecule has 0 saturated carbocycles. The molecule has 1 amide bonds. The zero-order valence-corrected chi connectivity index (χ0v) is 20.1. The lowest BCUT2D eigenvalue weighted by atomic mass is 9.95. The van der Waals surface area contributed by atoms with Crippen LogP contribution in [0.1, 0.15) is 34.5 Å². The van der Waals surface area contributed by atoms with Crippen molar-refractivity contribution in [3.05, 3.63) is 95.1 Å². The Hall–Kier alpha value is -4.59. The van der Waals surface area contributed by atoms with Gasteiger partial charge in [-0.2, -0.15) is 0 Å². The third-order valence-electron chi connectivity index (χ3n) is 5.90. The Morgan fingerprint density at radius 2 is 1.36 bits per heavy atom. The molecule has 8 nitrogen and oxygen atoms in total. The van der Waals surface area contributed by atoms with Crippen molar-refractivity contribution < 1.29 is 33.7 Å². The molecule has 1 unspecified atom stereocenters. The second kappa shape index (κ2) is 10.4. The van der Waals surface area contributed by atoms with Crippen LogP contribution >= 0.6 is 0 Å². The van der Waals surface area contributed by atoms with Crippen LogP contribution in [0.2, 0.25) is 0 Å². The van der Waals surface area contributed by atoms with Gasteiger partial charge < -0.3 is 19.3 Å². The quantitative estimate of drug-likeness (QED) is 0.226. The number of nitrogens with zero attached hydrogens (tertiary/aromatic N) is 1. The molecule has 0 radical (unpaired) electrons. The molecule has 0 aliphatic carbocycles. The Morgan fingerprint density at radius 1 is 0.833 bits per heavy atom. The van der Waals surface area contributed by atoms with E-state index in [1.54, 1.807) is 67.6 Å². The van der Waals surface area contributed by atoms with Gasteiger partial charge in [0.15, 0.2) is 0 Å². The monoisotopic (exact) mass is 487 g/mol. The van der Waals surface area contributed by atoms with E-state index in [0.29, 0.717) is 33.9 Å². The first-order valence-corrected chi connectivity index (χ1v) is 11.3. The van der Waals surface area contributed by atoms with E-state index >= 15 is 0 Å². The van der Waals surface area contributed by atoms with Gasteiger partial charge in [0.2, 0.25) is 0 Å². The number of aliphatic hydroxyl groups excluding tert-OH is 1. The number of hydrogen-bond donors (Lipinski definition) is 1. The number of esters is 1. The van der Waals surface area contributed by atoms with Crippen molar-refractivity contribution in [2.24, 2.45) is 0 Å². The minimum atomic E-state index is -0.911. The Kier molecular flexibility index (Phi) is 7.05. The molecule has 1 aliphatic heterocycles. The summed E-state index contributed by atoms with van der Waals surface area (Å²) in [5.74, 6) is -1.22. The van der Waals surface area contributed by atoms with Crippen LogP contribution < -0.4 is 14.4 Å². The number of carbonyl (C=O) groups is 3. The van der Waals surface area contributed by atoms with Crippen LogP contribution in [0.4, 0.5) is 5.69 Å². The number of aliphatic hydroxyl groups is 1. The van der Waals surface area contributed by atoms with E-state index in [9.17, 15) is 19.5 Å². The third kappa shape index (κ3) is 4.53. The van der Waals surface area contributed by atoms with Gasteiger partial charge in [-0.3, -0.25) is 14.5 Å². The van der Waals surface area contributed by atoms with Gasteiger partial charge in [0.1, 0.15) is 17.3 Å². The first kappa shape index (κ1) is 24.5. The Balaban J connectivity index is 1.84. The van der Waals surface area contributed by atoms with Gasteiger partial charge in [-0.05, 0) is 73.2 Å². The van der Waals surface area contributed by atoms with E-state index in [-0.39, 0.29) is 17.9 Å². The fourth-order valence-electron chi connectivity index (χ4n) is 4.08. The summed E-state index contributed by atoms with van der Waals surface area (Å²) in [7, 11) is 3.06. The van der Waals surface area contributed by atoms with Crippen LogP contribution in [0.5, 0.6) is 11.5 Å². The molecule has 0 bridgehead atoms. The Bertz CT molecular complexity index is 1310. The lowest BCUT2D eigenvalue weighted by molar-refractivity contribution is -0.132. The summed E-state index contributed by atoms with van der Waals surface area (Å²) in [5, 5.41) is 11.2. The minimum Gasteiger partial charge on any atom is -0.507 e. The molecule has 1 fully saturated rings. The SMILES string of the molecule is CCOC(=O)c1ccc(N2C(=O)C(=O)C(=C(O)c3ccc(OC)cc3)C2c2ccc(OC)cc2)cc1. The molecule has 1 atom stereocenters. The number of carbonyl (C=O) groups excluding carboxylic acids is 3. The second-order valence-electron chi connectivity index (χ2n) is 7.94. The highest BCUT2D eigenvalue weighted by molar-refractivity contribution is 6.51. The van der Waals surface area contributed by atoms with E-state index in [1.165, 1.54) is 31.3 Å². The normalized spacial score (nSPS) is 16.6. The lowest BCUT2D eigenvalue weighted by Gasteiger charge is -2.25. The zero-order valence-electron chi connectivity index (χ0n) is 20.1. The van der Waals surface area contributed by atoms with Crippen molar-refractivity contribution in [2.45, 2.75) is 13.0 Å². The predicted octanol–water partition coefficient (Wildman–Crippen LogP) is 4.51. The second-order valence-corrected chi connectivity index (χ2v) is 7.94. The Labute approximate surface area is 208 Å². The Morgan fingerprint density at radius 3 is 1.89 bits per heavy atom. The number of ether oxygens (including phenoxy) is 3. The highest BCUT2D eigenvalue weighted by atomic mass is 16.5. The third-order valence-corrected chi connectivity index (χ3v) is 5.90. The van der Waals surface area contributed by atoms with Crippen LogP contribution in [0.3, 0.4) is 0 Å². The van der Waals surface area contributed by atoms with Gasteiger partial charge in [-0.1, -0.05) is 12.1 Å². The summed E-state index contributed by atoms with van der Waals surface area (Å²) in [6.07, 6.45) is 0. The largest absolute Gasteiger partial charge is 0.507 e. The summed E-state index contributed by atoms with van der Waals surface area (Å²) in [5.41, 5.74) is 1.62. The number of benzene rings is 3. The summed E-state index contributed by atoms with van der Waals surface area (Å²) < 4.78 is 15.4. The van der Waals surface area contributed by atoms with Crippen LogP contribution in [-0.2, 0) is 14.3 Å². The van der Waals surface area contributed by atoms with E-state index in [0.717, 1.165) is 0 Å². The molecule has 3 aromatic carbocycles. The summed E-state index contributed by atoms with van der Waals surface area (Å²) in [4.78, 5) is 39.9. The van der Waals surface area contributed by atoms with Gasteiger partial charge in [0.25, 0.3) is 11.7 Å². The molecule has 1 aliphatic rings. The van der Waals surface area contributed by atoms with Gasteiger partial charge in [-0.25, -0.2) is 4.79 Å². The maximum absolute atomic E-state index is 13.3. The van der Waals surface area contributed by atoms with Gasteiger partial charge in [0.05, 0.1) is 38.0 Å². The number of Topliss-reactive ketones (excluding diaryl/α,β-unsaturated/α-hetero) is 1. The van der Waals surface area contributed by atoms with Crippen molar-refractivity contribution in [1.82, 2.24) is 0 Å². The van der Waals surface area contributed by atoms with Gasteiger partial charge in [-0.15, -0.1) is 0 Å². The fourth-order valence-corrected chi connectivity index (χ4v) is 4.08. The average Bonchev–Trinajstić information content (AvgIpc) is 3.18. The first-order chi connectivity index (χ1) is 17.4. The number of ketones is 1. The molecule has 1 N–H and O–H groups in total. The fraction of sp³-hybridized carbons (Fsp3) is 0.179. The zero-order chi connectivity index (χ0) is 25.8. The molecule has 36 heavy (non-hydrogen) atoms. The molecule has 8 heteroatoms. The standard InChI is InChI=1S/C28H25NO7/c1-4-36-28(33)19-5-11-20(12-6-19)29-24(17-7-13-21(34-2)14-8-17)23(26(31)27(29)32)25(30)18-9-15-22(35-3)16-10-18/h5-16,24,30H,4H2,1-3H3. The predicted molar refractivity (Wildman–Crippen MR) is 133 cm³/mol. The smallest absolute Gasteiger partial charge is 0.338 e. The van der Waals surface area contributed by atoms with Crippen LogP contribution in [0.25, 0.3) is 5.76 Å². The number of rotatable bonds is 7. The van der Waals surface area contributed by atoms with Crippen molar-refractivity contribution in [1.29, 1.82) is 0 Å². The van der Waals surface area contributed by atoms with Crippen molar-refractivity contribution in [2.75, 3.05) is 25.7 Å². The molecule has 0 spiro atoms. The van der Waals surface area contributed by atoms with E-state index in [1.807, 2.05) is 0 Å². The maximum atomic E-state index is 13.3. The average molecular weight is 488 g/mol. The maximum Gasteiger partial charge on any atom is 0.338 e. The van der Waals surface area contributed by atoms with Gasteiger partial charge in [0, 0.05) is 11.3 Å². The molecule has 1 saturated heterocycles. The first-order valence-electron chi connectivity index (χ1n) is 11.3. The molecular formula is C28H25NO7. The number of hydrogen-bond acceptors (Lipinski definition) is 7. The molecule has 3 aromatic rings. The van der Waals surface area contributed by atoms with Crippen molar-refractivity contribution in [3.8, 4) is 11.5 Å². The van der Waals surface area contributed by atoms with Crippen molar-refractivity contribution >= 4 is 29.1 Å². The van der Waals surface area contributed by atoms with Crippen LogP contribution in [0.15, 0.2) is 78.4 Å². The molecular weight excluding hydrogens is 462 g/mol. The number of amides is 1. The topological polar surface area (TPSA) is 102 Å². The van der Waals surface area contributed by atoms with E-state index < -0.39 is 23.7 Å². The molecule has 1 heterocycles. The minimum absolute atomic E-state index is 0.0511. The lowest BCUT2D eigenvalue weighted by Crippen LogP contribution is -2.29. The number of methoxy groups -OCH3 is 2. The molecule has 184 valence electrons. The van der Waals surface area contributed by atoms with Crippen LogP contribution in [-0.4, -0.2) is 43.6 Å². The molecule has 0 aromatic heterocycles. The van der Waals surface area contributed by atoms with E-state index in [4.69, 9.17) is 14.2 Å². The summed E-state index contributed by atoms with van der Waals surface area (Å²) in [6.45, 7) is 1.95.